The van der Waals surface area contributed by atoms with E-state index in [4.69, 9.17) is 9.15 Å². The minimum absolute atomic E-state index is 0.0151. The number of carbonyl (C=O) groups is 2. The Morgan fingerprint density at radius 2 is 1.95 bits per heavy atom. The number of aromatic amines is 1. The Morgan fingerprint density at radius 1 is 1.23 bits per heavy atom. The van der Waals surface area contributed by atoms with Crippen molar-refractivity contribution in [3.05, 3.63) is 63.3 Å². The van der Waals surface area contributed by atoms with Gasteiger partial charge in [-0.05, 0) is 71.4 Å². The van der Waals surface area contributed by atoms with Crippen LogP contribution in [0, 0.1) is 6.92 Å². The van der Waals surface area contributed by atoms with Gasteiger partial charge in [0.1, 0.15) is 11.4 Å². The SMILES string of the molecule is Cc1cc(=O)c(O)c(C2(CC(=O)NC3CCCc4c3[nH]c3ccccc43)CCN(C(=O)OC(C)(C)C)CC2)o1. The fraction of sp³-hybridized carbons (Fsp3) is 0.500. The Labute approximate surface area is 227 Å². The molecule has 9 heteroatoms. The number of rotatable bonds is 4. The zero-order valence-electron chi connectivity index (χ0n) is 23.1. The van der Waals surface area contributed by atoms with E-state index >= 15 is 0 Å². The van der Waals surface area contributed by atoms with Gasteiger partial charge in [-0.2, -0.15) is 0 Å². The zero-order valence-corrected chi connectivity index (χ0v) is 23.1. The molecule has 9 nitrogen and oxygen atoms in total. The van der Waals surface area contributed by atoms with Crippen LogP contribution in [0.25, 0.3) is 10.9 Å². The number of likely N-dealkylation sites (tertiary alicyclic amines) is 1. The van der Waals surface area contributed by atoms with Gasteiger partial charge < -0.3 is 29.5 Å². The predicted octanol–water partition coefficient (Wildman–Crippen LogP) is 4.99. The topological polar surface area (TPSA) is 125 Å². The molecule has 2 aliphatic rings. The van der Waals surface area contributed by atoms with E-state index in [0.29, 0.717) is 31.7 Å². The lowest BCUT2D eigenvalue weighted by atomic mass is 9.72. The number of aromatic nitrogens is 1. The van der Waals surface area contributed by atoms with E-state index < -0.39 is 28.3 Å². The van der Waals surface area contributed by atoms with Crippen LogP contribution in [0.1, 0.15) is 81.7 Å². The maximum Gasteiger partial charge on any atom is 0.410 e. The second kappa shape index (κ2) is 10.1. The summed E-state index contributed by atoms with van der Waals surface area (Å²) >= 11 is 0. The molecule has 3 N–H and O–H groups in total. The van der Waals surface area contributed by atoms with Gasteiger partial charge in [0.15, 0.2) is 5.76 Å². The Hall–Kier alpha value is -3.75. The van der Waals surface area contributed by atoms with Crippen molar-refractivity contribution in [2.45, 2.75) is 83.3 Å². The van der Waals surface area contributed by atoms with Crippen LogP contribution in [-0.2, 0) is 21.4 Å². The maximum absolute atomic E-state index is 13.6. The van der Waals surface area contributed by atoms with E-state index in [1.165, 1.54) is 17.0 Å². The molecule has 1 aromatic carbocycles. The number of para-hydroxylation sites is 1. The summed E-state index contributed by atoms with van der Waals surface area (Å²) in [5.41, 5.74) is 1.21. The molecule has 0 saturated carbocycles. The molecule has 39 heavy (non-hydrogen) atoms. The molecule has 3 aromatic rings. The van der Waals surface area contributed by atoms with Crippen molar-refractivity contribution in [2.24, 2.45) is 0 Å². The highest BCUT2D eigenvalue weighted by molar-refractivity contribution is 5.86. The first-order valence-corrected chi connectivity index (χ1v) is 13.7. The molecule has 1 fully saturated rings. The molecule has 5 rings (SSSR count). The van der Waals surface area contributed by atoms with Crippen LogP contribution in [0.15, 0.2) is 39.5 Å². The van der Waals surface area contributed by atoms with Gasteiger partial charge in [-0.15, -0.1) is 0 Å². The van der Waals surface area contributed by atoms with Crippen LogP contribution >= 0.6 is 0 Å². The van der Waals surface area contributed by atoms with Gasteiger partial charge in [-0.3, -0.25) is 9.59 Å². The lowest BCUT2D eigenvalue weighted by molar-refractivity contribution is -0.124. The number of nitrogens with one attached hydrogen (secondary N) is 2. The summed E-state index contributed by atoms with van der Waals surface area (Å²) in [7, 11) is 0. The van der Waals surface area contributed by atoms with Gasteiger partial charge in [-0.1, -0.05) is 18.2 Å². The number of ether oxygens (including phenoxy) is 1. The van der Waals surface area contributed by atoms with Crippen molar-refractivity contribution in [3.63, 3.8) is 0 Å². The van der Waals surface area contributed by atoms with E-state index in [9.17, 15) is 19.5 Å². The van der Waals surface area contributed by atoms with Crippen LogP contribution in [0.4, 0.5) is 4.79 Å². The largest absolute Gasteiger partial charge is 0.502 e. The summed E-state index contributed by atoms with van der Waals surface area (Å²) in [6, 6.07) is 9.24. The summed E-state index contributed by atoms with van der Waals surface area (Å²) in [6.07, 6.45) is 2.99. The molecule has 3 heterocycles. The lowest BCUT2D eigenvalue weighted by Gasteiger charge is -2.41. The average molecular weight is 536 g/mol. The van der Waals surface area contributed by atoms with Crippen molar-refractivity contribution in [2.75, 3.05) is 13.1 Å². The third-order valence-electron chi connectivity index (χ3n) is 7.85. The first kappa shape index (κ1) is 26.8. The molecule has 1 aliphatic heterocycles. The summed E-state index contributed by atoms with van der Waals surface area (Å²) < 4.78 is 11.5. The average Bonchev–Trinajstić information content (AvgIpc) is 3.25. The number of amides is 2. The summed E-state index contributed by atoms with van der Waals surface area (Å²) in [5.74, 6) is -0.200. The quantitative estimate of drug-likeness (QED) is 0.432. The first-order valence-electron chi connectivity index (χ1n) is 13.7. The number of H-pyrrole nitrogens is 1. The second-order valence-corrected chi connectivity index (χ2v) is 11.9. The van der Waals surface area contributed by atoms with Gasteiger partial charge in [0.05, 0.1) is 6.04 Å². The number of fused-ring (bicyclic) bond motifs is 3. The Balaban J connectivity index is 1.40. The highest BCUT2D eigenvalue weighted by Gasteiger charge is 2.45. The number of piperidine rings is 1. The standard InChI is InChI=1S/C30H37N3O6/c1-18-16-23(34)26(36)27(38-18)30(12-14-33(15-13-30)28(37)39-29(2,3)4)17-24(35)31-22-11-7-9-20-19-8-5-6-10-21(19)32-25(20)22/h5-6,8,10,16,22,32,36H,7,9,11-15,17H2,1-4H3,(H,31,35). The van der Waals surface area contributed by atoms with Crippen molar-refractivity contribution < 1.29 is 23.8 Å². The number of hydrogen-bond donors (Lipinski definition) is 3. The van der Waals surface area contributed by atoms with Gasteiger partial charge in [0.2, 0.25) is 17.1 Å². The fourth-order valence-electron chi connectivity index (χ4n) is 6.00. The smallest absolute Gasteiger partial charge is 0.410 e. The number of carbonyl (C=O) groups excluding carboxylic acids is 2. The van der Waals surface area contributed by atoms with E-state index in [2.05, 4.69) is 16.4 Å². The van der Waals surface area contributed by atoms with Crippen molar-refractivity contribution in [1.29, 1.82) is 0 Å². The molecule has 0 bridgehead atoms. The molecule has 208 valence electrons. The summed E-state index contributed by atoms with van der Waals surface area (Å²) in [6.45, 7) is 7.68. The van der Waals surface area contributed by atoms with Crippen LogP contribution < -0.4 is 10.7 Å². The molecular formula is C30H37N3O6. The highest BCUT2D eigenvalue weighted by Crippen LogP contribution is 2.43. The number of benzene rings is 1. The molecule has 1 unspecified atom stereocenters. The zero-order chi connectivity index (χ0) is 27.9. The lowest BCUT2D eigenvalue weighted by Crippen LogP contribution is -2.49. The number of aryl methyl sites for hydroxylation is 2. The third kappa shape index (κ3) is 5.40. The monoisotopic (exact) mass is 535 g/mol. The van der Waals surface area contributed by atoms with E-state index in [0.717, 1.165) is 30.5 Å². The molecule has 0 spiro atoms. The minimum Gasteiger partial charge on any atom is -0.502 e. The van der Waals surface area contributed by atoms with Gasteiger partial charge in [0, 0.05) is 47.6 Å². The summed E-state index contributed by atoms with van der Waals surface area (Å²) in [4.78, 5) is 44.0. The normalized spacial score (nSPS) is 19.0. The van der Waals surface area contributed by atoms with Gasteiger partial charge in [0.25, 0.3) is 0 Å². The Bertz CT molecular complexity index is 1460. The van der Waals surface area contributed by atoms with Crippen LogP contribution in [-0.4, -0.2) is 45.7 Å². The molecule has 1 atom stereocenters. The van der Waals surface area contributed by atoms with Gasteiger partial charge in [-0.25, -0.2) is 4.79 Å². The Morgan fingerprint density at radius 3 is 2.67 bits per heavy atom. The van der Waals surface area contributed by atoms with Crippen molar-refractivity contribution >= 4 is 22.9 Å². The first-order chi connectivity index (χ1) is 18.5. The van der Waals surface area contributed by atoms with Crippen LogP contribution in [0.5, 0.6) is 5.75 Å². The predicted molar refractivity (Wildman–Crippen MR) is 147 cm³/mol. The van der Waals surface area contributed by atoms with Gasteiger partial charge >= 0.3 is 6.09 Å². The summed E-state index contributed by atoms with van der Waals surface area (Å²) in [5, 5.41) is 15.2. The van der Waals surface area contributed by atoms with Crippen LogP contribution in [0.3, 0.4) is 0 Å². The number of hydrogen-bond acceptors (Lipinski definition) is 6. The molecule has 0 radical (unpaired) electrons. The highest BCUT2D eigenvalue weighted by atomic mass is 16.6. The fourth-order valence-corrected chi connectivity index (χ4v) is 6.00. The third-order valence-corrected chi connectivity index (χ3v) is 7.85. The second-order valence-electron chi connectivity index (χ2n) is 11.9. The molecule has 2 aromatic heterocycles. The van der Waals surface area contributed by atoms with E-state index in [1.807, 2.05) is 39.0 Å². The maximum atomic E-state index is 13.6. The number of aromatic hydroxyl groups is 1. The molecule has 1 saturated heterocycles. The molecule has 1 aliphatic carbocycles. The minimum atomic E-state index is -0.949. The van der Waals surface area contributed by atoms with Crippen LogP contribution in [0.2, 0.25) is 0 Å². The van der Waals surface area contributed by atoms with E-state index in [1.54, 1.807) is 11.8 Å². The number of nitrogens with zero attached hydrogens (tertiary/aromatic N) is 1. The Kier molecular flexibility index (Phi) is 6.95. The molecule has 2 amide bonds. The van der Waals surface area contributed by atoms with Crippen molar-refractivity contribution in [1.82, 2.24) is 15.2 Å². The molecular weight excluding hydrogens is 498 g/mol. The van der Waals surface area contributed by atoms with E-state index in [-0.39, 0.29) is 24.1 Å². The van der Waals surface area contributed by atoms with Crippen molar-refractivity contribution in [3.8, 4) is 5.75 Å².